The number of aliphatic hydroxyl groups excluding tert-OH is 1. The van der Waals surface area contributed by atoms with Crippen molar-refractivity contribution in [3.63, 3.8) is 0 Å². The number of benzene rings is 1. The highest BCUT2D eigenvalue weighted by Crippen LogP contribution is 2.17. The highest BCUT2D eigenvalue weighted by molar-refractivity contribution is 5.77. The number of amides is 1. The third kappa shape index (κ3) is 2.97. The van der Waals surface area contributed by atoms with Crippen LogP contribution in [0.4, 0.5) is 0 Å². The van der Waals surface area contributed by atoms with Gasteiger partial charge in [0, 0.05) is 19.5 Å². The Morgan fingerprint density at radius 1 is 1.41 bits per heavy atom. The van der Waals surface area contributed by atoms with Gasteiger partial charge in [-0.2, -0.15) is 0 Å². The van der Waals surface area contributed by atoms with Crippen LogP contribution in [-0.4, -0.2) is 35.7 Å². The summed E-state index contributed by atoms with van der Waals surface area (Å²) in [6, 6.07) is 7.63. The lowest BCUT2D eigenvalue weighted by Crippen LogP contribution is -2.41. The highest BCUT2D eigenvalue weighted by Gasteiger charge is 2.23. The van der Waals surface area contributed by atoms with Gasteiger partial charge in [-0.05, 0) is 24.1 Å². The minimum absolute atomic E-state index is 0.117. The number of ether oxygens (including phenoxy) is 1. The third-order valence-corrected chi connectivity index (χ3v) is 3.01. The maximum Gasteiger partial charge on any atom is 0.223 e. The number of piperidine rings is 1. The molecule has 0 radical (unpaired) electrons. The molecule has 1 aliphatic rings. The van der Waals surface area contributed by atoms with E-state index in [0.717, 1.165) is 11.3 Å². The van der Waals surface area contributed by atoms with E-state index in [1.165, 1.54) is 0 Å². The van der Waals surface area contributed by atoms with Crippen LogP contribution in [0.25, 0.3) is 0 Å². The summed E-state index contributed by atoms with van der Waals surface area (Å²) in [5.74, 6) is 0.921. The first-order valence-corrected chi connectivity index (χ1v) is 5.78. The first-order chi connectivity index (χ1) is 8.19. The Hall–Kier alpha value is -1.55. The Balaban J connectivity index is 2.01. The Morgan fingerprint density at radius 2 is 2.12 bits per heavy atom. The number of hydrogen-bond donors (Lipinski definition) is 1. The standard InChI is InChI=1S/C13H17NO3/c1-17-12-5-2-10(3-6-12)8-14-9-11(15)4-7-13(14)16/h2-3,5-6,11,15H,4,7-9H2,1H3. The second kappa shape index (κ2) is 5.19. The number of β-amino-alcohol motifs (C(OH)–C–C–N with tert-alkyl or cyclic N) is 1. The van der Waals surface area contributed by atoms with Crippen molar-refractivity contribution >= 4 is 5.91 Å². The van der Waals surface area contributed by atoms with Crippen LogP contribution in [0, 0.1) is 0 Å². The average molecular weight is 235 g/mol. The van der Waals surface area contributed by atoms with E-state index in [9.17, 15) is 9.90 Å². The molecule has 1 fully saturated rings. The fourth-order valence-corrected chi connectivity index (χ4v) is 2.00. The molecule has 1 N–H and O–H groups in total. The lowest BCUT2D eigenvalue weighted by molar-refractivity contribution is -0.137. The summed E-state index contributed by atoms with van der Waals surface area (Å²) in [5.41, 5.74) is 1.05. The van der Waals surface area contributed by atoms with Crippen molar-refractivity contribution in [2.45, 2.75) is 25.5 Å². The van der Waals surface area contributed by atoms with Gasteiger partial charge in [0.25, 0.3) is 0 Å². The van der Waals surface area contributed by atoms with Crippen LogP contribution < -0.4 is 4.74 Å². The summed E-state index contributed by atoms with van der Waals surface area (Å²) in [7, 11) is 1.62. The van der Waals surface area contributed by atoms with E-state index in [-0.39, 0.29) is 12.0 Å². The van der Waals surface area contributed by atoms with Crippen molar-refractivity contribution in [3.8, 4) is 5.75 Å². The summed E-state index contributed by atoms with van der Waals surface area (Å²) >= 11 is 0. The normalized spacial score (nSPS) is 20.5. The average Bonchev–Trinajstić information content (AvgIpc) is 2.35. The minimum atomic E-state index is -0.383. The van der Waals surface area contributed by atoms with Crippen LogP contribution in [0.1, 0.15) is 18.4 Å². The van der Waals surface area contributed by atoms with Crippen LogP contribution in [-0.2, 0) is 11.3 Å². The molecule has 2 rings (SSSR count). The zero-order valence-electron chi connectivity index (χ0n) is 9.93. The summed E-state index contributed by atoms with van der Waals surface area (Å²) in [5, 5.41) is 9.54. The van der Waals surface area contributed by atoms with Crippen LogP contribution in [0.2, 0.25) is 0 Å². The second-order valence-electron chi connectivity index (χ2n) is 4.31. The number of methoxy groups -OCH3 is 1. The molecule has 4 nitrogen and oxygen atoms in total. The molecule has 1 amide bonds. The molecule has 92 valence electrons. The van der Waals surface area contributed by atoms with E-state index in [2.05, 4.69) is 0 Å². The summed E-state index contributed by atoms with van der Waals surface area (Å²) < 4.78 is 5.08. The quantitative estimate of drug-likeness (QED) is 0.855. The molecule has 1 aromatic rings. The van der Waals surface area contributed by atoms with E-state index in [4.69, 9.17) is 4.74 Å². The number of likely N-dealkylation sites (tertiary alicyclic amines) is 1. The summed E-state index contributed by atoms with van der Waals surface area (Å²) in [6.07, 6.45) is 0.640. The molecule has 1 heterocycles. The topological polar surface area (TPSA) is 49.8 Å². The SMILES string of the molecule is COc1ccc(CN2CC(O)CCC2=O)cc1. The van der Waals surface area contributed by atoms with E-state index in [0.29, 0.717) is 25.9 Å². The molecular weight excluding hydrogens is 218 g/mol. The third-order valence-electron chi connectivity index (χ3n) is 3.01. The van der Waals surface area contributed by atoms with Gasteiger partial charge < -0.3 is 14.7 Å². The predicted molar refractivity (Wildman–Crippen MR) is 63.7 cm³/mol. The Bertz CT molecular complexity index is 388. The zero-order chi connectivity index (χ0) is 12.3. The summed E-state index contributed by atoms with van der Waals surface area (Å²) in [6.45, 7) is 0.991. The maximum atomic E-state index is 11.7. The molecule has 1 saturated heterocycles. The fraction of sp³-hybridized carbons (Fsp3) is 0.462. The number of carbonyl (C=O) groups is 1. The van der Waals surface area contributed by atoms with Gasteiger partial charge >= 0.3 is 0 Å². The number of aliphatic hydroxyl groups is 1. The second-order valence-corrected chi connectivity index (χ2v) is 4.31. The molecule has 0 aliphatic carbocycles. The number of hydrogen-bond acceptors (Lipinski definition) is 3. The van der Waals surface area contributed by atoms with Gasteiger partial charge in [0.1, 0.15) is 5.75 Å². The molecule has 1 aliphatic heterocycles. The molecule has 17 heavy (non-hydrogen) atoms. The number of nitrogens with zero attached hydrogens (tertiary/aromatic N) is 1. The first kappa shape index (κ1) is 11.9. The van der Waals surface area contributed by atoms with E-state index >= 15 is 0 Å². The van der Waals surface area contributed by atoms with Gasteiger partial charge in [0.2, 0.25) is 5.91 Å². The van der Waals surface area contributed by atoms with Crippen LogP contribution in [0.3, 0.4) is 0 Å². The van der Waals surface area contributed by atoms with Gasteiger partial charge in [-0.25, -0.2) is 0 Å². The molecule has 4 heteroatoms. The minimum Gasteiger partial charge on any atom is -0.497 e. The Labute approximate surface area is 101 Å². The van der Waals surface area contributed by atoms with Crippen molar-refractivity contribution in [2.75, 3.05) is 13.7 Å². The smallest absolute Gasteiger partial charge is 0.223 e. The monoisotopic (exact) mass is 235 g/mol. The van der Waals surface area contributed by atoms with Crippen LogP contribution in [0.15, 0.2) is 24.3 Å². The predicted octanol–water partition coefficient (Wildman–Crippen LogP) is 1.18. The van der Waals surface area contributed by atoms with Gasteiger partial charge in [-0.15, -0.1) is 0 Å². The lowest BCUT2D eigenvalue weighted by Gasteiger charge is -2.30. The number of rotatable bonds is 3. The van der Waals surface area contributed by atoms with E-state index < -0.39 is 0 Å². The van der Waals surface area contributed by atoms with Crippen molar-refractivity contribution < 1.29 is 14.6 Å². The molecule has 0 spiro atoms. The first-order valence-electron chi connectivity index (χ1n) is 5.78. The molecule has 1 aromatic carbocycles. The van der Waals surface area contributed by atoms with Crippen LogP contribution in [0.5, 0.6) is 5.75 Å². The van der Waals surface area contributed by atoms with Gasteiger partial charge in [0.05, 0.1) is 13.2 Å². The van der Waals surface area contributed by atoms with Crippen molar-refractivity contribution in [2.24, 2.45) is 0 Å². The van der Waals surface area contributed by atoms with Crippen molar-refractivity contribution in [1.82, 2.24) is 4.90 Å². The Morgan fingerprint density at radius 3 is 2.76 bits per heavy atom. The molecule has 1 atom stereocenters. The molecule has 1 unspecified atom stereocenters. The number of carbonyl (C=O) groups excluding carboxylic acids is 1. The van der Waals surface area contributed by atoms with Gasteiger partial charge in [-0.1, -0.05) is 12.1 Å². The van der Waals surface area contributed by atoms with Crippen molar-refractivity contribution in [3.05, 3.63) is 29.8 Å². The Kier molecular flexibility index (Phi) is 3.64. The van der Waals surface area contributed by atoms with Crippen molar-refractivity contribution in [1.29, 1.82) is 0 Å². The van der Waals surface area contributed by atoms with Crippen LogP contribution >= 0.6 is 0 Å². The largest absolute Gasteiger partial charge is 0.497 e. The van der Waals surface area contributed by atoms with Gasteiger partial charge in [-0.3, -0.25) is 4.79 Å². The lowest BCUT2D eigenvalue weighted by atomic mass is 10.1. The van der Waals surface area contributed by atoms with E-state index in [1.54, 1.807) is 12.0 Å². The zero-order valence-corrected chi connectivity index (χ0v) is 9.93. The summed E-state index contributed by atoms with van der Waals surface area (Å²) in [4.78, 5) is 13.4. The molecular formula is C13H17NO3. The van der Waals surface area contributed by atoms with Gasteiger partial charge in [0.15, 0.2) is 0 Å². The highest BCUT2D eigenvalue weighted by atomic mass is 16.5. The van der Waals surface area contributed by atoms with E-state index in [1.807, 2.05) is 24.3 Å². The fourth-order valence-electron chi connectivity index (χ4n) is 2.00. The molecule has 0 bridgehead atoms. The molecule has 0 aromatic heterocycles. The maximum absolute atomic E-state index is 11.7. The molecule has 0 saturated carbocycles.